The van der Waals surface area contributed by atoms with Crippen molar-refractivity contribution in [2.24, 2.45) is 0 Å². The summed E-state index contributed by atoms with van der Waals surface area (Å²) in [6.45, 7) is 4.31. The molecule has 2 heterocycles. The lowest BCUT2D eigenvalue weighted by atomic mass is 10.1. The van der Waals surface area contributed by atoms with E-state index in [-0.39, 0.29) is 30.5 Å². The number of benzene rings is 1. The van der Waals surface area contributed by atoms with Crippen LogP contribution in [0.25, 0.3) is 10.9 Å². The highest BCUT2D eigenvalue weighted by Gasteiger charge is 2.17. The number of fused-ring (bicyclic) bond motifs is 1. The van der Waals surface area contributed by atoms with Crippen LogP contribution in [-0.2, 0) is 22.7 Å². The molecule has 0 spiro atoms. The lowest BCUT2D eigenvalue weighted by Crippen LogP contribution is -2.42. The van der Waals surface area contributed by atoms with Crippen molar-refractivity contribution < 1.29 is 9.59 Å². The van der Waals surface area contributed by atoms with Crippen molar-refractivity contribution in [2.45, 2.75) is 26.9 Å². The molecule has 0 saturated heterocycles. The van der Waals surface area contributed by atoms with E-state index in [0.29, 0.717) is 24.0 Å². The Balaban J connectivity index is 1.66. The number of para-hydroxylation sites is 1. The number of nitrogens with zero attached hydrogens (tertiary/aromatic N) is 3. The van der Waals surface area contributed by atoms with E-state index in [1.54, 1.807) is 30.4 Å². The Hall–Kier alpha value is -3.00. The second kappa shape index (κ2) is 8.79. The van der Waals surface area contributed by atoms with Gasteiger partial charge in [-0.3, -0.25) is 19.0 Å². The summed E-state index contributed by atoms with van der Waals surface area (Å²) in [5, 5.41) is 5.23. The van der Waals surface area contributed by atoms with Gasteiger partial charge < -0.3 is 10.2 Å². The van der Waals surface area contributed by atoms with E-state index in [1.165, 1.54) is 15.8 Å². The number of aryl methyl sites for hydroxylation is 1. The molecule has 3 rings (SSSR count). The number of rotatable bonds is 7. The molecular formula is C20H22N4O3S. The SMILES string of the molecule is CCN(CC(=O)NCc1cccs1)C(=O)Cn1cnc2c(C)cccc2c1=O. The molecule has 0 saturated carbocycles. The fourth-order valence-electron chi connectivity index (χ4n) is 2.90. The van der Waals surface area contributed by atoms with Crippen LogP contribution in [0.2, 0.25) is 0 Å². The molecular weight excluding hydrogens is 376 g/mol. The van der Waals surface area contributed by atoms with Crippen LogP contribution in [0.15, 0.2) is 46.8 Å². The molecule has 1 N–H and O–H groups in total. The van der Waals surface area contributed by atoms with Crippen LogP contribution < -0.4 is 10.9 Å². The van der Waals surface area contributed by atoms with E-state index in [2.05, 4.69) is 10.3 Å². The monoisotopic (exact) mass is 398 g/mol. The summed E-state index contributed by atoms with van der Waals surface area (Å²) in [6, 6.07) is 9.24. The van der Waals surface area contributed by atoms with Gasteiger partial charge in [0.1, 0.15) is 6.54 Å². The summed E-state index contributed by atoms with van der Waals surface area (Å²) in [4.78, 5) is 44.2. The Labute approximate surface area is 166 Å². The summed E-state index contributed by atoms with van der Waals surface area (Å²) in [5.41, 5.74) is 1.28. The highest BCUT2D eigenvalue weighted by molar-refractivity contribution is 7.09. The molecule has 0 atom stereocenters. The van der Waals surface area contributed by atoms with Crippen LogP contribution >= 0.6 is 11.3 Å². The van der Waals surface area contributed by atoms with Gasteiger partial charge >= 0.3 is 0 Å². The average Bonchev–Trinajstić information content (AvgIpc) is 3.20. The number of carbonyl (C=O) groups is 2. The minimum atomic E-state index is -0.301. The lowest BCUT2D eigenvalue weighted by molar-refractivity contribution is -0.136. The molecule has 146 valence electrons. The minimum Gasteiger partial charge on any atom is -0.350 e. The van der Waals surface area contributed by atoms with E-state index in [0.717, 1.165) is 10.4 Å². The van der Waals surface area contributed by atoms with Gasteiger partial charge in [-0.15, -0.1) is 11.3 Å². The summed E-state index contributed by atoms with van der Waals surface area (Å²) in [7, 11) is 0. The molecule has 1 aromatic carbocycles. The topological polar surface area (TPSA) is 84.3 Å². The molecule has 28 heavy (non-hydrogen) atoms. The van der Waals surface area contributed by atoms with Gasteiger partial charge in [0.25, 0.3) is 5.56 Å². The van der Waals surface area contributed by atoms with E-state index >= 15 is 0 Å². The van der Waals surface area contributed by atoms with Gasteiger partial charge in [0.15, 0.2) is 0 Å². The highest BCUT2D eigenvalue weighted by Crippen LogP contribution is 2.11. The zero-order chi connectivity index (χ0) is 20.1. The molecule has 0 radical (unpaired) electrons. The van der Waals surface area contributed by atoms with Crippen LogP contribution in [0.1, 0.15) is 17.4 Å². The number of aromatic nitrogens is 2. The fraction of sp³-hybridized carbons (Fsp3) is 0.300. The first-order valence-electron chi connectivity index (χ1n) is 9.01. The predicted molar refractivity (Wildman–Crippen MR) is 109 cm³/mol. The molecule has 2 aromatic heterocycles. The molecule has 0 aliphatic heterocycles. The predicted octanol–water partition coefficient (Wildman–Crippen LogP) is 1.93. The maximum Gasteiger partial charge on any atom is 0.261 e. The highest BCUT2D eigenvalue weighted by atomic mass is 32.1. The van der Waals surface area contributed by atoms with Crippen molar-refractivity contribution in [3.8, 4) is 0 Å². The normalized spacial score (nSPS) is 10.8. The molecule has 0 bridgehead atoms. The molecule has 8 heteroatoms. The fourth-order valence-corrected chi connectivity index (χ4v) is 3.54. The molecule has 0 aliphatic carbocycles. The van der Waals surface area contributed by atoms with E-state index < -0.39 is 0 Å². The second-order valence-electron chi connectivity index (χ2n) is 6.41. The zero-order valence-electron chi connectivity index (χ0n) is 15.8. The lowest BCUT2D eigenvalue weighted by Gasteiger charge is -2.20. The van der Waals surface area contributed by atoms with E-state index in [9.17, 15) is 14.4 Å². The van der Waals surface area contributed by atoms with Gasteiger partial charge in [-0.25, -0.2) is 4.98 Å². The van der Waals surface area contributed by atoms with Crippen molar-refractivity contribution in [3.63, 3.8) is 0 Å². The first-order chi connectivity index (χ1) is 13.5. The number of amides is 2. The molecule has 2 amide bonds. The van der Waals surface area contributed by atoms with Gasteiger partial charge in [-0.05, 0) is 36.9 Å². The average molecular weight is 398 g/mol. The maximum absolute atomic E-state index is 12.7. The Bertz CT molecular complexity index is 1040. The second-order valence-corrected chi connectivity index (χ2v) is 7.44. The Morgan fingerprint density at radius 2 is 2.07 bits per heavy atom. The summed E-state index contributed by atoms with van der Waals surface area (Å²) in [5.74, 6) is -0.534. The van der Waals surface area contributed by atoms with E-state index in [1.807, 2.05) is 30.5 Å². The van der Waals surface area contributed by atoms with Crippen molar-refractivity contribution in [1.82, 2.24) is 19.8 Å². The van der Waals surface area contributed by atoms with Gasteiger partial charge in [0.05, 0.1) is 30.3 Å². The zero-order valence-corrected chi connectivity index (χ0v) is 16.7. The van der Waals surface area contributed by atoms with Crippen molar-refractivity contribution in [2.75, 3.05) is 13.1 Å². The third-order valence-electron chi connectivity index (χ3n) is 4.47. The summed E-state index contributed by atoms with van der Waals surface area (Å²) >= 11 is 1.56. The standard InChI is InChI=1S/C20H22N4O3S/c1-3-23(11-17(25)21-10-15-7-5-9-28-15)18(26)12-24-13-22-19-14(2)6-4-8-16(19)20(24)27/h4-9,13H,3,10-12H2,1-2H3,(H,21,25). The smallest absolute Gasteiger partial charge is 0.261 e. The van der Waals surface area contributed by atoms with Crippen LogP contribution in [0.4, 0.5) is 0 Å². The Kier molecular flexibility index (Phi) is 6.20. The Morgan fingerprint density at radius 3 is 2.79 bits per heavy atom. The van der Waals surface area contributed by atoms with Gasteiger partial charge in [-0.2, -0.15) is 0 Å². The number of hydrogen-bond donors (Lipinski definition) is 1. The van der Waals surface area contributed by atoms with Crippen molar-refractivity contribution >= 4 is 34.1 Å². The third-order valence-corrected chi connectivity index (χ3v) is 5.35. The van der Waals surface area contributed by atoms with Crippen molar-refractivity contribution in [3.05, 3.63) is 62.8 Å². The number of likely N-dealkylation sites (N-methyl/N-ethyl adjacent to an activating group) is 1. The number of nitrogens with one attached hydrogen (secondary N) is 1. The number of carbonyl (C=O) groups excluding carboxylic acids is 2. The van der Waals surface area contributed by atoms with Crippen LogP contribution in [0, 0.1) is 6.92 Å². The maximum atomic E-state index is 12.7. The van der Waals surface area contributed by atoms with E-state index in [4.69, 9.17) is 0 Å². The van der Waals surface area contributed by atoms with Gasteiger partial charge in [0, 0.05) is 11.4 Å². The first-order valence-corrected chi connectivity index (χ1v) is 9.89. The quantitative estimate of drug-likeness (QED) is 0.659. The van der Waals surface area contributed by atoms with Crippen molar-refractivity contribution in [1.29, 1.82) is 0 Å². The third kappa shape index (κ3) is 4.45. The molecule has 0 unspecified atom stereocenters. The molecule has 7 nitrogen and oxygen atoms in total. The van der Waals surface area contributed by atoms with Crippen LogP contribution in [0.5, 0.6) is 0 Å². The minimum absolute atomic E-state index is 0.0461. The van der Waals surface area contributed by atoms with Crippen LogP contribution in [-0.4, -0.2) is 39.4 Å². The number of thiophene rings is 1. The summed E-state index contributed by atoms with van der Waals surface area (Å²) in [6.07, 6.45) is 1.39. The Morgan fingerprint density at radius 1 is 1.25 bits per heavy atom. The molecule has 0 fully saturated rings. The van der Waals surface area contributed by atoms with Gasteiger partial charge in [-0.1, -0.05) is 18.2 Å². The van der Waals surface area contributed by atoms with Gasteiger partial charge in [0.2, 0.25) is 11.8 Å². The largest absolute Gasteiger partial charge is 0.350 e. The number of hydrogen-bond acceptors (Lipinski definition) is 5. The molecule has 0 aliphatic rings. The first kappa shape index (κ1) is 19.8. The van der Waals surface area contributed by atoms with Crippen LogP contribution in [0.3, 0.4) is 0 Å². The summed E-state index contributed by atoms with van der Waals surface area (Å²) < 4.78 is 1.29. The molecule has 3 aromatic rings.